The van der Waals surface area contributed by atoms with Crippen LogP contribution in [0.2, 0.25) is 5.02 Å². The van der Waals surface area contributed by atoms with Gasteiger partial charge in [0.1, 0.15) is 6.54 Å². The van der Waals surface area contributed by atoms with Gasteiger partial charge in [0.2, 0.25) is 5.91 Å². The molecule has 0 aromatic heterocycles. The Balaban J connectivity index is 2.51. The van der Waals surface area contributed by atoms with Crippen molar-refractivity contribution in [2.45, 2.75) is 25.7 Å². The van der Waals surface area contributed by atoms with Crippen LogP contribution in [0.1, 0.15) is 18.1 Å². The van der Waals surface area contributed by atoms with E-state index >= 15 is 0 Å². The molecule has 0 saturated carbocycles. The summed E-state index contributed by atoms with van der Waals surface area (Å²) >= 11 is 5.85. The van der Waals surface area contributed by atoms with Crippen molar-refractivity contribution in [1.29, 1.82) is 0 Å². The van der Waals surface area contributed by atoms with E-state index in [4.69, 9.17) is 11.6 Å². The Hall–Kier alpha value is -2.05. The maximum atomic E-state index is 13.1. The van der Waals surface area contributed by atoms with E-state index in [0.29, 0.717) is 17.3 Å². The molecule has 0 radical (unpaired) electrons. The molecule has 25 heavy (non-hydrogen) atoms. The molecule has 0 atom stereocenters. The average Bonchev–Trinajstić information content (AvgIpc) is 2.56. The molecule has 0 unspecified atom stereocenters. The third-order valence-electron chi connectivity index (χ3n) is 3.84. The molecule has 0 saturated heterocycles. The molecule has 0 heterocycles. The number of benzene rings is 2. The van der Waals surface area contributed by atoms with E-state index < -0.39 is 10.0 Å². The van der Waals surface area contributed by atoms with Crippen molar-refractivity contribution in [3.8, 4) is 0 Å². The fourth-order valence-electron chi connectivity index (χ4n) is 2.31. The number of likely N-dealkylation sites (N-methyl/N-ethyl adjacent to an activating group) is 1. The van der Waals surface area contributed by atoms with E-state index in [0.717, 1.165) is 15.4 Å². The topological polar surface area (TPSA) is 66.5 Å². The number of rotatable bonds is 6. The van der Waals surface area contributed by atoms with Gasteiger partial charge >= 0.3 is 0 Å². The van der Waals surface area contributed by atoms with Gasteiger partial charge < -0.3 is 5.32 Å². The monoisotopic (exact) mass is 380 g/mol. The van der Waals surface area contributed by atoms with Gasteiger partial charge in [0.25, 0.3) is 10.0 Å². The number of halogens is 1. The Morgan fingerprint density at radius 3 is 2.28 bits per heavy atom. The van der Waals surface area contributed by atoms with Crippen LogP contribution in [-0.2, 0) is 14.8 Å². The van der Waals surface area contributed by atoms with Crippen molar-refractivity contribution >= 4 is 33.2 Å². The molecular weight excluding hydrogens is 360 g/mol. The van der Waals surface area contributed by atoms with Crippen molar-refractivity contribution in [2.24, 2.45) is 0 Å². The first-order chi connectivity index (χ1) is 11.8. The second-order valence-corrected chi connectivity index (χ2v) is 7.99. The smallest absolute Gasteiger partial charge is 0.264 e. The Bertz CT molecular complexity index is 864. The van der Waals surface area contributed by atoms with E-state index in [1.165, 1.54) is 24.3 Å². The van der Waals surface area contributed by atoms with Crippen molar-refractivity contribution in [3.05, 3.63) is 58.6 Å². The summed E-state index contributed by atoms with van der Waals surface area (Å²) in [5.41, 5.74) is 2.44. The number of nitrogens with zero attached hydrogens (tertiary/aromatic N) is 1. The summed E-state index contributed by atoms with van der Waals surface area (Å²) in [6.45, 7) is 5.77. The minimum absolute atomic E-state index is 0.0828. The minimum atomic E-state index is -3.90. The predicted molar refractivity (Wildman–Crippen MR) is 101 cm³/mol. The number of hydrogen-bond donors (Lipinski definition) is 1. The molecule has 0 aliphatic carbocycles. The first-order valence-corrected chi connectivity index (χ1v) is 9.69. The third-order valence-corrected chi connectivity index (χ3v) is 5.88. The molecule has 0 bridgehead atoms. The first-order valence-electron chi connectivity index (χ1n) is 7.88. The van der Waals surface area contributed by atoms with Crippen molar-refractivity contribution < 1.29 is 13.2 Å². The van der Waals surface area contributed by atoms with Crippen molar-refractivity contribution in [2.75, 3.05) is 17.4 Å². The van der Waals surface area contributed by atoms with E-state index in [2.05, 4.69) is 5.32 Å². The molecule has 7 heteroatoms. The maximum absolute atomic E-state index is 13.1. The summed E-state index contributed by atoms with van der Waals surface area (Å²) in [6.07, 6.45) is 0. The van der Waals surface area contributed by atoms with Gasteiger partial charge in [-0.1, -0.05) is 17.7 Å². The molecule has 2 aromatic rings. The molecule has 0 spiro atoms. The largest absolute Gasteiger partial charge is 0.355 e. The molecule has 0 fully saturated rings. The van der Waals surface area contributed by atoms with Gasteiger partial charge in [-0.05, 0) is 68.3 Å². The lowest BCUT2D eigenvalue weighted by Gasteiger charge is -2.24. The average molecular weight is 381 g/mol. The van der Waals surface area contributed by atoms with Gasteiger partial charge in [-0.15, -0.1) is 0 Å². The van der Waals surface area contributed by atoms with Crippen LogP contribution >= 0.6 is 11.6 Å². The van der Waals surface area contributed by atoms with E-state index in [-0.39, 0.29) is 17.3 Å². The highest BCUT2D eigenvalue weighted by Gasteiger charge is 2.27. The number of aryl methyl sites for hydroxylation is 2. The SMILES string of the molecule is CCNC(=O)CN(c1ccc(C)c(C)c1)S(=O)(=O)c1ccc(Cl)cc1. The highest BCUT2D eigenvalue weighted by Crippen LogP contribution is 2.26. The molecule has 134 valence electrons. The summed E-state index contributed by atoms with van der Waals surface area (Å²) in [6, 6.07) is 11.2. The molecule has 1 N–H and O–H groups in total. The van der Waals surface area contributed by atoms with Gasteiger partial charge in [-0.25, -0.2) is 8.42 Å². The van der Waals surface area contributed by atoms with Crippen molar-refractivity contribution in [3.63, 3.8) is 0 Å². The summed E-state index contributed by atoms with van der Waals surface area (Å²) < 4.78 is 27.3. The Kier molecular flexibility index (Phi) is 6.08. The van der Waals surface area contributed by atoms with E-state index in [1.54, 1.807) is 19.1 Å². The lowest BCUT2D eigenvalue weighted by atomic mass is 10.1. The van der Waals surface area contributed by atoms with Gasteiger partial charge in [-0.3, -0.25) is 9.10 Å². The summed E-state index contributed by atoms with van der Waals surface area (Å²) in [7, 11) is -3.90. The molecule has 0 aliphatic heterocycles. The van der Waals surface area contributed by atoms with Gasteiger partial charge in [0.05, 0.1) is 10.6 Å². The summed E-state index contributed by atoms with van der Waals surface area (Å²) in [5, 5.41) is 3.08. The second kappa shape index (κ2) is 7.89. The number of sulfonamides is 1. The van der Waals surface area contributed by atoms with Crippen LogP contribution in [0.4, 0.5) is 5.69 Å². The molecule has 2 rings (SSSR count). The van der Waals surface area contributed by atoms with Gasteiger partial charge in [-0.2, -0.15) is 0 Å². The molecular formula is C18H21ClN2O3S. The number of nitrogens with one attached hydrogen (secondary N) is 1. The number of anilines is 1. The Labute approximate surface area is 153 Å². The second-order valence-electron chi connectivity index (χ2n) is 5.69. The predicted octanol–water partition coefficient (Wildman–Crippen LogP) is 3.29. The van der Waals surface area contributed by atoms with Crippen LogP contribution in [0, 0.1) is 13.8 Å². The minimum Gasteiger partial charge on any atom is -0.355 e. The Morgan fingerprint density at radius 2 is 1.72 bits per heavy atom. The number of hydrogen-bond acceptors (Lipinski definition) is 3. The zero-order chi connectivity index (χ0) is 18.6. The first kappa shape index (κ1) is 19.3. The molecule has 2 aromatic carbocycles. The van der Waals surface area contributed by atoms with Gasteiger partial charge in [0, 0.05) is 11.6 Å². The Morgan fingerprint density at radius 1 is 1.08 bits per heavy atom. The zero-order valence-electron chi connectivity index (χ0n) is 14.4. The normalized spacial score (nSPS) is 11.2. The maximum Gasteiger partial charge on any atom is 0.264 e. The number of carbonyl (C=O) groups is 1. The number of amides is 1. The van der Waals surface area contributed by atoms with Gasteiger partial charge in [0.15, 0.2) is 0 Å². The molecule has 1 amide bonds. The van der Waals surface area contributed by atoms with Crippen LogP contribution in [0.3, 0.4) is 0 Å². The third kappa shape index (κ3) is 4.52. The number of carbonyl (C=O) groups excluding carboxylic acids is 1. The molecule has 5 nitrogen and oxygen atoms in total. The standard InChI is InChI=1S/C18H21ClN2O3S/c1-4-20-18(22)12-21(16-8-5-13(2)14(3)11-16)25(23,24)17-9-6-15(19)7-10-17/h5-11H,4,12H2,1-3H3,(H,20,22). The van der Waals surface area contributed by atoms with Crippen LogP contribution in [0.5, 0.6) is 0 Å². The van der Waals surface area contributed by atoms with Crippen LogP contribution in [0.15, 0.2) is 47.4 Å². The summed E-state index contributed by atoms with van der Waals surface area (Å²) in [5.74, 6) is -0.363. The lowest BCUT2D eigenvalue weighted by Crippen LogP contribution is -2.40. The quantitative estimate of drug-likeness (QED) is 0.836. The molecule has 0 aliphatic rings. The van der Waals surface area contributed by atoms with E-state index in [1.807, 2.05) is 19.9 Å². The van der Waals surface area contributed by atoms with Crippen LogP contribution < -0.4 is 9.62 Å². The van der Waals surface area contributed by atoms with Crippen molar-refractivity contribution in [1.82, 2.24) is 5.32 Å². The fourth-order valence-corrected chi connectivity index (χ4v) is 3.85. The summed E-state index contributed by atoms with van der Waals surface area (Å²) in [4.78, 5) is 12.2. The van der Waals surface area contributed by atoms with E-state index in [9.17, 15) is 13.2 Å². The zero-order valence-corrected chi connectivity index (χ0v) is 16.0. The lowest BCUT2D eigenvalue weighted by molar-refractivity contribution is -0.119. The van der Waals surface area contributed by atoms with Crippen LogP contribution in [-0.4, -0.2) is 27.4 Å². The highest BCUT2D eigenvalue weighted by molar-refractivity contribution is 7.92. The van der Waals surface area contributed by atoms with Crippen LogP contribution in [0.25, 0.3) is 0 Å². The highest BCUT2D eigenvalue weighted by atomic mass is 35.5. The fraction of sp³-hybridized carbons (Fsp3) is 0.278.